The summed E-state index contributed by atoms with van der Waals surface area (Å²) >= 11 is 17.1. The molecule has 1 unspecified atom stereocenters. The number of imide groups is 1. The first-order chi connectivity index (χ1) is 11.0. The summed E-state index contributed by atoms with van der Waals surface area (Å²) < 4.78 is 2.40. The maximum absolute atomic E-state index is 11.7. The van der Waals surface area contributed by atoms with Crippen molar-refractivity contribution in [3.8, 4) is 0 Å². The van der Waals surface area contributed by atoms with Crippen molar-refractivity contribution in [1.29, 1.82) is 0 Å². The van der Waals surface area contributed by atoms with Crippen LogP contribution in [0.25, 0.3) is 0 Å². The number of carboxylic acid groups (broad SMARTS) is 1. The van der Waals surface area contributed by atoms with E-state index >= 15 is 0 Å². The van der Waals surface area contributed by atoms with E-state index in [1.165, 1.54) is 11.8 Å². The van der Waals surface area contributed by atoms with E-state index in [1.54, 1.807) is 5.32 Å². The standard InChI is InChI=1S/C11H10Cl3N3O6S/c12-11(13,14)9(21)16-10(22)23-1-3-2-24-7-4(15)6(18)17(7)5(3)8(19)20/h4,7H,1-2,15H2,(H,19,20)(H,16,21,22)/t4?,7-/m0/s1. The van der Waals surface area contributed by atoms with Gasteiger partial charge in [0.05, 0.1) is 0 Å². The molecule has 3 amide bonds. The van der Waals surface area contributed by atoms with Gasteiger partial charge in [-0.3, -0.25) is 19.8 Å². The van der Waals surface area contributed by atoms with Crippen LogP contribution < -0.4 is 11.1 Å². The third-order valence-electron chi connectivity index (χ3n) is 3.14. The van der Waals surface area contributed by atoms with Gasteiger partial charge in [0.25, 0.3) is 9.70 Å². The van der Waals surface area contributed by atoms with Crippen LogP contribution >= 0.6 is 46.6 Å². The van der Waals surface area contributed by atoms with E-state index < -0.39 is 45.7 Å². The molecule has 2 aliphatic rings. The topological polar surface area (TPSA) is 139 Å². The van der Waals surface area contributed by atoms with Crippen molar-refractivity contribution in [2.24, 2.45) is 5.73 Å². The summed E-state index contributed by atoms with van der Waals surface area (Å²) in [7, 11) is 0. The number of nitrogens with zero attached hydrogens (tertiary/aromatic N) is 1. The van der Waals surface area contributed by atoms with Crippen molar-refractivity contribution in [3.63, 3.8) is 0 Å². The van der Waals surface area contributed by atoms with Crippen LogP contribution in [0.2, 0.25) is 0 Å². The monoisotopic (exact) mass is 417 g/mol. The molecule has 0 aliphatic carbocycles. The van der Waals surface area contributed by atoms with Crippen molar-refractivity contribution in [3.05, 3.63) is 11.3 Å². The number of amides is 3. The third-order valence-corrected chi connectivity index (χ3v) is 5.02. The molecule has 1 saturated heterocycles. The summed E-state index contributed by atoms with van der Waals surface area (Å²) in [6.45, 7) is -0.459. The zero-order chi connectivity index (χ0) is 18.2. The van der Waals surface area contributed by atoms with E-state index in [0.717, 1.165) is 4.90 Å². The SMILES string of the molecule is NC1C(=O)N2C(C(=O)O)=C(COC(=O)NC(=O)C(Cl)(Cl)Cl)CS[C@@H]12. The highest BCUT2D eigenvalue weighted by molar-refractivity contribution is 8.00. The van der Waals surface area contributed by atoms with Crippen molar-refractivity contribution in [1.82, 2.24) is 10.2 Å². The minimum Gasteiger partial charge on any atom is -0.477 e. The van der Waals surface area contributed by atoms with E-state index in [2.05, 4.69) is 0 Å². The highest BCUT2D eigenvalue weighted by atomic mass is 35.6. The summed E-state index contributed by atoms with van der Waals surface area (Å²) in [5.74, 6) is -2.91. The molecular formula is C11H10Cl3N3O6S. The lowest BCUT2D eigenvalue weighted by atomic mass is 10.0. The van der Waals surface area contributed by atoms with E-state index in [-0.39, 0.29) is 17.0 Å². The molecule has 2 rings (SSSR count). The van der Waals surface area contributed by atoms with Gasteiger partial charge in [0.2, 0.25) is 5.91 Å². The van der Waals surface area contributed by atoms with Gasteiger partial charge in [0.1, 0.15) is 23.7 Å². The number of fused-ring (bicyclic) bond motifs is 1. The lowest BCUT2D eigenvalue weighted by molar-refractivity contribution is -0.148. The maximum Gasteiger partial charge on any atom is 0.414 e. The van der Waals surface area contributed by atoms with Gasteiger partial charge in [0, 0.05) is 11.3 Å². The second kappa shape index (κ2) is 6.96. The number of thioether (sulfide) groups is 1. The van der Waals surface area contributed by atoms with Crippen LogP contribution in [0.5, 0.6) is 0 Å². The van der Waals surface area contributed by atoms with Crippen LogP contribution in [-0.2, 0) is 19.1 Å². The zero-order valence-corrected chi connectivity index (χ0v) is 14.7. The minimum absolute atomic E-state index is 0.181. The van der Waals surface area contributed by atoms with Gasteiger partial charge < -0.3 is 15.6 Å². The molecule has 24 heavy (non-hydrogen) atoms. The van der Waals surface area contributed by atoms with E-state index in [9.17, 15) is 24.3 Å². The quantitative estimate of drug-likeness (QED) is 0.436. The van der Waals surface area contributed by atoms with Crippen LogP contribution in [-0.4, -0.2) is 61.5 Å². The summed E-state index contributed by atoms with van der Waals surface area (Å²) in [5.41, 5.74) is 5.50. The molecule has 132 valence electrons. The number of carbonyl (C=O) groups excluding carboxylic acids is 3. The predicted molar refractivity (Wildman–Crippen MR) is 85.5 cm³/mol. The molecule has 0 radical (unpaired) electrons. The number of hydrogen-bond acceptors (Lipinski definition) is 7. The summed E-state index contributed by atoms with van der Waals surface area (Å²) in [4.78, 5) is 47.0. The molecule has 0 aromatic carbocycles. The lowest BCUT2D eigenvalue weighted by Gasteiger charge is -2.47. The Balaban J connectivity index is 2.05. The average molecular weight is 419 g/mol. The Bertz CT molecular complexity index is 649. The Morgan fingerprint density at radius 2 is 2.04 bits per heavy atom. The summed E-state index contributed by atoms with van der Waals surface area (Å²) in [6, 6.07) is -0.767. The Morgan fingerprint density at radius 3 is 2.58 bits per heavy atom. The Hall–Kier alpha value is -1.20. The maximum atomic E-state index is 11.7. The highest BCUT2D eigenvalue weighted by Crippen LogP contribution is 2.39. The Morgan fingerprint density at radius 1 is 1.42 bits per heavy atom. The van der Waals surface area contributed by atoms with E-state index in [4.69, 9.17) is 45.3 Å². The summed E-state index contributed by atoms with van der Waals surface area (Å²) in [5, 5.41) is 10.5. The van der Waals surface area contributed by atoms with E-state index in [0.29, 0.717) is 0 Å². The fourth-order valence-electron chi connectivity index (χ4n) is 2.04. The highest BCUT2D eigenvalue weighted by Gasteiger charge is 2.51. The predicted octanol–water partition coefficient (Wildman–Crippen LogP) is 0.191. The van der Waals surface area contributed by atoms with Gasteiger partial charge in [-0.05, 0) is 0 Å². The lowest BCUT2D eigenvalue weighted by Crippen LogP contribution is -2.68. The van der Waals surface area contributed by atoms with Crippen LogP contribution in [0, 0.1) is 0 Å². The molecule has 4 N–H and O–H groups in total. The number of nitrogens with one attached hydrogen (secondary N) is 1. The number of hydrogen-bond donors (Lipinski definition) is 3. The molecule has 2 heterocycles. The van der Waals surface area contributed by atoms with Gasteiger partial charge in [-0.15, -0.1) is 11.8 Å². The van der Waals surface area contributed by atoms with Crippen molar-refractivity contribution in [2.75, 3.05) is 12.4 Å². The number of rotatable bonds is 3. The largest absolute Gasteiger partial charge is 0.477 e. The van der Waals surface area contributed by atoms with Gasteiger partial charge in [0.15, 0.2) is 0 Å². The summed E-state index contributed by atoms with van der Waals surface area (Å²) in [6.07, 6.45) is -1.22. The number of alkyl halides is 3. The van der Waals surface area contributed by atoms with Crippen molar-refractivity contribution >= 4 is 70.4 Å². The molecule has 0 spiro atoms. The van der Waals surface area contributed by atoms with Crippen LogP contribution in [0.1, 0.15) is 0 Å². The molecule has 9 nitrogen and oxygen atoms in total. The van der Waals surface area contributed by atoms with Gasteiger partial charge >= 0.3 is 12.1 Å². The zero-order valence-electron chi connectivity index (χ0n) is 11.6. The number of nitrogens with two attached hydrogens (primary N) is 1. The van der Waals surface area contributed by atoms with Crippen LogP contribution in [0.3, 0.4) is 0 Å². The van der Waals surface area contributed by atoms with Crippen LogP contribution in [0.15, 0.2) is 11.3 Å². The Kier molecular flexibility index (Phi) is 5.55. The number of ether oxygens (including phenoxy) is 1. The first kappa shape index (κ1) is 19.1. The number of halogens is 3. The molecule has 0 saturated carbocycles. The molecule has 2 aliphatic heterocycles. The number of carbonyl (C=O) groups is 4. The number of carboxylic acids is 1. The molecule has 0 aromatic rings. The smallest absolute Gasteiger partial charge is 0.414 e. The molecular weight excluding hydrogens is 409 g/mol. The molecule has 2 atom stereocenters. The first-order valence-corrected chi connectivity index (χ1v) is 8.42. The third kappa shape index (κ3) is 3.72. The fourth-order valence-corrected chi connectivity index (χ4v) is 3.46. The fraction of sp³-hybridized carbons (Fsp3) is 0.455. The normalized spacial score (nSPS) is 23.3. The number of β-lactam (4-membered cyclic amide) rings is 1. The molecule has 0 bridgehead atoms. The molecule has 0 aromatic heterocycles. The minimum atomic E-state index is -2.35. The second-order valence-corrected chi connectivity index (χ2v) is 8.11. The molecule has 1 fully saturated rings. The Labute approximate surface area is 154 Å². The molecule has 13 heteroatoms. The van der Waals surface area contributed by atoms with Crippen molar-refractivity contribution in [2.45, 2.75) is 15.2 Å². The average Bonchev–Trinajstić information content (AvgIpc) is 2.49. The van der Waals surface area contributed by atoms with Gasteiger partial charge in [-0.25, -0.2) is 9.59 Å². The van der Waals surface area contributed by atoms with Crippen molar-refractivity contribution < 1.29 is 29.0 Å². The van der Waals surface area contributed by atoms with Gasteiger partial charge in [-0.2, -0.15) is 0 Å². The van der Waals surface area contributed by atoms with Crippen LogP contribution in [0.4, 0.5) is 4.79 Å². The first-order valence-electron chi connectivity index (χ1n) is 6.24. The van der Waals surface area contributed by atoms with Gasteiger partial charge in [-0.1, -0.05) is 34.8 Å². The second-order valence-electron chi connectivity index (χ2n) is 4.72. The number of alkyl carbamates (subject to hydrolysis) is 1. The number of aliphatic carboxylic acids is 1. The van der Waals surface area contributed by atoms with E-state index in [1.807, 2.05) is 0 Å².